The molecular weight excluding hydrogens is 256 g/mol. The maximum atomic E-state index is 12.2. The molecule has 5 heteroatoms. The third kappa shape index (κ3) is 1.97. The number of hydrogen-bond acceptors (Lipinski definition) is 4. The Morgan fingerprint density at radius 2 is 2.15 bits per heavy atom. The number of aromatic nitrogens is 1. The molecule has 2 fully saturated rings. The maximum absolute atomic E-state index is 12.2. The Bertz CT molecular complexity index is 495. The summed E-state index contributed by atoms with van der Waals surface area (Å²) in [7, 11) is 0. The highest BCUT2D eigenvalue weighted by Crippen LogP contribution is 2.47. The van der Waals surface area contributed by atoms with Crippen LogP contribution in [0, 0.1) is 0 Å². The topological polar surface area (TPSA) is 62.7 Å². The predicted octanol–water partition coefficient (Wildman–Crippen LogP) is 2.45. The second-order valence-corrected chi connectivity index (χ2v) is 5.89. The lowest BCUT2D eigenvalue weighted by molar-refractivity contribution is -0.160. The maximum Gasteiger partial charge on any atom is 0.413 e. The van der Waals surface area contributed by atoms with Gasteiger partial charge in [0.25, 0.3) is 0 Å². The van der Waals surface area contributed by atoms with Gasteiger partial charge in [-0.15, -0.1) is 0 Å². The van der Waals surface area contributed by atoms with Crippen LogP contribution in [0.4, 0.5) is 4.79 Å². The number of nitrogens with zero attached hydrogens (tertiary/aromatic N) is 2. The minimum absolute atomic E-state index is 0.321. The molecule has 1 atom stereocenters. The molecule has 5 nitrogen and oxygen atoms in total. The molecule has 108 valence electrons. The first-order valence-corrected chi connectivity index (χ1v) is 7.17. The second-order valence-electron chi connectivity index (χ2n) is 5.89. The number of rotatable bonds is 2. The van der Waals surface area contributed by atoms with Crippen LogP contribution in [0.15, 0.2) is 24.5 Å². The molecule has 0 bridgehead atoms. The van der Waals surface area contributed by atoms with Crippen molar-refractivity contribution in [3.63, 3.8) is 0 Å². The van der Waals surface area contributed by atoms with Gasteiger partial charge in [-0.05, 0) is 44.2 Å². The molecule has 3 rings (SSSR count). The Kier molecular flexibility index (Phi) is 3.17. The zero-order valence-electron chi connectivity index (χ0n) is 11.7. The van der Waals surface area contributed by atoms with Gasteiger partial charge in [0, 0.05) is 12.4 Å². The standard InChI is InChI=1S/C15H20N2O3/c1-14(19)15(7-3-2-4-8-15)20-13(18)17(14)11-12-6-5-9-16-10-12/h5-6,9-10,19H,2-4,7-8,11H2,1H3. The average molecular weight is 276 g/mol. The van der Waals surface area contributed by atoms with Gasteiger partial charge in [-0.25, -0.2) is 4.79 Å². The van der Waals surface area contributed by atoms with E-state index in [1.54, 1.807) is 19.3 Å². The Hall–Kier alpha value is -1.62. The number of hydrogen-bond donors (Lipinski definition) is 1. The normalized spacial score (nSPS) is 28.7. The van der Waals surface area contributed by atoms with Crippen molar-refractivity contribution >= 4 is 6.09 Å². The van der Waals surface area contributed by atoms with E-state index in [-0.39, 0.29) is 0 Å². The molecule has 1 saturated heterocycles. The van der Waals surface area contributed by atoms with Gasteiger partial charge >= 0.3 is 6.09 Å². The Labute approximate surface area is 118 Å². The zero-order valence-corrected chi connectivity index (χ0v) is 11.7. The highest BCUT2D eigenvalue weighted by atomic mass is 16.6. The molecular formula is C15H20N2O3. The van der Waals surface area contributed by atoms with Crippen molar-refractivity contribution in [1.29, 1.82) is 0 Å². The van der Waals surface area contributed by atoms with E-state index in [0.717, 1.165) is 37.7 Å². The van der Waals surface area contributed by atoms with Crippen LogP contribution in [0.25, 0.3) is 0 Å². The van der Waals surface area contributed by atoms with Crippen LogP contribution in [0.2, 0.25) is 0 Å². The van der Waals surface area contributed by atoms with E-state index >= 15 is 0 Å². The quantitative estimate of drug-likeness (QED) is 0.901. The monoisotopic (exact) mass is 276 g/mol. The summed E-state index contributed by atoms with van der Waals surface area (Å²) in [6.45, 7) is 2.01. The molecule has 1 amide bonds. The predicted molar refractivity (Wildman–Crippen MR) is 72.7 cm³/mol. The van der Waals surface area contributed by atoms with Crippen LogP contribution in [-0.4, -0.2) is 32.4 Å². The summed E-state index contributed by atoms with van der Waals surface area (Å²) in [5.74, 6) is 0. The fourth-order valence-corrected chi connectivity index (χ4v) is 3.33. The van der Waals surface area contributed by atoms with E-state index in [2.05, 4.69) is 4.98 Å². The van der Waals surface area contributed by atoms with E-state index < -0.39 is 17.4 Å². The van der Waals surface area contributed by atoms with Crippen LogP contribution in [0.1, 0.15) is 44.6 Å². The first kappa shape index (κ1) is 13.4. The number of carbonyl (C=O) groups excluding carboxylic acids is 1. The summed E-state index contributed by atoms with van der Waals surface area (Å²) >= 11 is 0. The van der Waals surface area contributed by atoms with Gasteiger partial charge in [-0.1, -0.05) is 12.5 Å². The van der Waals surface area contributed by atoms with Crippen molar-refractivity contribution in [2.75, 3.05) is 0 Å². The molecule has 1 unspecified atom stereocenters. The lowest BCUT2D eigenvalue weighted by Crippen LogP contribution is -2.56. The third-order valence-electron chi connectivity index (χ3n) is 4.62. The fraction of sp³-hybridized carbons (Fsp3) is 0.600. The van der Waals surface area contributed by atoms with Crippen molar-refractivity contribution < 1.29 is 14.6 Å². The number of pyridine rings is 1. The lowest BCUT2D eigenvalue weighted by Gasteiger charge is -2.42. The van der Waals surface area contributed by atoms with Crippen molar-refractivity contribution in [3.8, 4) is 0 Å². The molecule has 1 N–H and O–H groups in total. The third-order valence-corrected chi connectivity index (χ3v) is 4.62. The summed E-state index contributed by atoms with van der Waals surface area (Å²) in [5.41, 5.74) is -1.12. The van der Waals surface area contributed by atoms with E-state index in [1.165, 1.54) is 4.90 Å². The van der Waals surface area contributed by atoms with Crippen molar-refractivity contribution in [3.05, 3.63) is 30.1 Å². The highest BCUT2D eigenvalue weighted by Gasteiger charge is 2.61. The first-order valence-electron chi connectivity index (χ1n) is 7.17. The summed E-state index contributed by atoms with van der Waals surface area (Å²) in [6.07, 6.45) is 7.54. The molecule has 0 radical (unpaired) electrons. The van der Waals surface area contributed by atoms with Gasteiger partial charge in [0.05, 0.1) is 6.54 Å². The summed E-state index contributed by atoms with van der Waals surface area (Å²) in [5, 5.41) is 10.9. The van der Waals surface area contributed by atoms with Crippen molar-refractivity contribution in [1.82, 2.24) is 9.88 Å². The molecule has 1 aromatic heterocycles. The van der Waals surface area contributed by atoms with Crippen molar-refractivity contribution in [2.24, 2.45) is 0 Å². The molecule has 1 saturated carbocycles. The zero-order chi connectivity index (χ0) is 14.2. The smallest absolute Gasteiger partial charge is 0.413 e. The van der Waals surface area contributed by atoms with Gasteiger partial charge in [0.2, 0.25) is 0 Å². The SMILES string of the molecule is CC1(O)N(Cc2cccnc2)C(=O)OC12CCCCC2. The number of amides is 1. The largest absolute Gasteiger partial charge is 0.438 e. The summed E-state index contributed by atoms with van der Waals surface area (Å²) in [4.78, 5) is 17.7. The average Bonchev–Trinajstić information content (AvgIpc) is 2.62. The van der Waals surface area contributed by atoms with Crippen molar-refractivity contribution in [2.45, 2.75) is 56.9 Å². The molecule has 1 aromatic rings. The van der Waals surface area contributed by atoms with Gasteiger partial charge in [-0.3, -0.25) is 9.88 Å². The summed E-state index contributed by atoms with van der Waals surface area (Å²) in [6, 6.07) is 3.71. The molecule has 1 spiro atoms. The summed E-state index contributed by atoms with van der Waals surface area (Å²) < 4.78 is 5.61. The van der Waals surface area contributed by atoms with Gasteiger partial charge in [-0.2, -0.15) is 0 Å². The number of ether oxygens (including phenoxy) is 1. The molecule has 1 aliphatic carbocycles. The van der Waals surface area contributed by atoms with Crippen LogP contribution >= 0.6 is 0 Å². The minimum atomic E-state index is -1.26. The van der Waals surface area contributed by atoms with Gasteiger partial charge in [0.1, 0.15) is 0 Å². The van der Waals surface area contributed by atoms with E-state index in [1.807, 2.05) is 12.1 Å². The Balaban J connectivity index is 1.86. The number of carbonyl (C=O) groups is 1. The van der Waals surface area contributed by atoms with Gasteiger partial charge in [0.15, 0.2) is 11.3 Å². The molecule has 2 aliphatic rings. The van der Waals surface area contributed by atoms with E-state index in [4.69, 9.17) is 4.74 Å². The van der Waals surface area contributed by atoms with Crippen LogP contribution < -0.4 is 0 Å². The Morgan fingerprint density at radius 3 is 2.80 bits per heavy atom. The first-order chi connectivity index (χ1) is 9.55. The van der Waals surface area contributed by atoms with Crippen LogP contribution in [-0.2, 0) is 11.3 Å². The molecule has 0 aromatic carbocycles. The van der Waals surface area contributed by atoms with E-state index in [9.17, 15) is 9.90 Å². The molecule has 1 aliphatic heterocycles. The molecule has 20 heavy (non-hydrogen) atoms. The Morgan fingerprint density at radius 1 is 1.40 bits per heavy atom. The number of aliphatic hydroxyl groups is 1. The molecule has 2 heterocycles. The lowest BCUT2D eigenvalue weighted by atomic mass is 9.77. The van der Waals surface area contributed by atoms with Crippen LogP contribution in [0.3, 0.4) is 0 Å². The van der Waals surface area contributed by atoms with Gasteiger partial charge < -0.3 is 9.84 Å². The second kappa shape index (κ2) is 4.74. The minimum Gasteiger partial charge on any atom is -0.438 e. The van der Waals surface area contributed by atoms with E-state index in [0.29, 0.717) is 6.54 Å². The fourth-order valence-electron chi connectivity index (χ4n) is 3.33. The highest BCUT2D eigenvalue weighted by molar-refractivity contribution is 5.72. The van der Waals surface area contributed by atoms with Crippen LogP contribution in [0.5, 0.6) is 0 Å².